The summed E-state index contributed by atoms with van der Waals surface area (Å²) in [6.07, 6.45) is 1.32. The maximum atomic E-state index is 4.41. The second kappa shape index (κ2) is 6.10. The molecule has 1 aliphatic rings. The Labute approximate surface area is 107 Å². The third-order valence-corrected chi connectivity index (χ3v) is 4.02. The molecule has 2 heterocycles. The molecule has 0 amide bonds. The maximum absolute atomic E-state index is 4.41. The first-order valence-electron chi connectivity index (χ1n) is 6.19. The SMILES string of the molecule is CCNc1cc(NCC2CCSC2)nc(C)n1. The monoisotopic (exact) mass is 252 g/mol. The van der Waals surface area contributed by atoms with Crippen LogP contribution in [0.1, 0.15) is 19.2 Å². The Kier molecular flexibility index (Phi) is 4.48. The summed E-state index contributed by atoms with van der Waals surface area (Å²) >= 11 is 2.05. The fraction of sp³-hybridized carbons (Fsp3) is 0.667. The highest BCUT2D eigenvalue weighted by molar-refractivity contribution is 7.99. The molecule has 1 saturated heterocycles. The molecule has 1 aromatic rings. The Morgan fingerprint density at radius 1 is 1.35 bits per heavy atom. The van der Waals surface area contributed by atoms with E-state index in [9.17, 15) is 0 Å². The molecule has 0 bridgehead atoms. The number of hydrogen-bond acceptors (Lipinski definition) is 5. The Morgan fingerprint density at radius 2 is 2.12 bits per heavy atom. The topological polar surface area (TPSA) is 49.8 Å². The smallest absolute Gasteiger partial charge is 0.131 e. The molecule has 5 heteroatoms. The quantitative estimate of drug-likeness (QED) is 0.842. The van der Waals surface area contributed by atoms with Gasteiger partial charge in [-0.2, -0.15) is 11.8 Å². The van der Waals surface area contributed by atoms with Crippen molar-refractivity contribution in [3.05, 3.63) is 11.9 Å². The number of nitrogens with one attached hydrogen (secondary N) is 2. The number of anilines is 2. The molecule has 0 aromatic carbocycles. The zero-order chi connectivity index (χ0) is 12.1. The number of aromatic nitrogens is 2. The largest absolute Gasteiger partial charge is 0.370 e. The van der Waals surface area contributed by atoms with Gasteiger partial charge in [0.05, 0.1) is 0 Å². The van der Waals surface area contributed by atoms with Crippen molar-refractivity contribution in [3.8, 4) is 0 Å². The molecule has 1 unspecified atom stereocenters. The van der Waals surface area contributed by atoms with Crippen LogP contribution in [0.25, 0.3) is 0 Å². The van der Waals surface area contributed by atoms with Crippen molar-refractivity contribution in [1.29, 1.82) is 0 Å². The molecular weight excluding hydrogens is 232 g/mol. The third-order valence-electron chi connectivity index (χ3n) is 2.79. The van der Waals surface area contributed by atoms with E-state index in [1.165, 1.54) is 17.9 Å². The molecule has 0 spiro atoms. The first kappa shape index (κ1) is 12.5. The van der Waals surface area contributed by atoms with Crippen LogP contribution in [0, 0.1) is 12.8 Å². The summed E-state index contributed by atoms with van der Waals surface area (Å²) < 4.78 is 0. The molecule has 2 N–H and O–H groups in total. The zero-order valence-electron chi connectivity index (χ0n) is 10.5. The average Bonchev–Trinajstić information content (AvgIpc) is 2.79. The van der Waals surface area contributed by atoms with Gasteiger partial charge in [0.2, 0.25) is 0 Å². The van der Waals surface area contributed by atoms with Crippen molar-refractivity contribution in [2.24, 2.45) is 5.92 Å². The highest BCUT2D eigenvalue weighted by Crippen LogP contribution is 2.23. The highest BCUT2D eigenvalue weighted by Gasteiger charge is 2.15. The van der Waals surface area contributed by atoms with Gasteiger partial charge in [-0.25, -0.2) is 9.97 Å². The molecule has 1 aromatic heterocycles. The standard InChI is InChI=1S/C12H20N4S/c1-3-13-11-6-12(16-9(2)15-11)14-7-10-4-5-17-8-10/h6,10H,3-5,7-8H2,1-2H3,(H2,13,14,15,16). The van der Waals surface area contributed by atoms with Crippen LogP contribution in [0.3, 0.4) is 0 Å². The Morgan fingerprint density at radius 3 is 2.76 bits per heavy atom. The van der Waals surface area contributed by atoms with Gasteiger partial charge in [-0.1, -0.05) is 0 Å². The van der Waals surface area contributed by atoms with Crippen LogP contribution in [-0.2, 0) is 0 Å². The lowest BCUT2D eigenvalue weighted by Crippen LogP contribution is -2.15. The first-order chi connectivity index (χ1) is 8.28. The van der Waals surface area contributed by atoms with E-state index < -0.39 is 0 Å². The van der Waals surface area contributed by atoms with Crippen molar-refractivity contribution in [2.45, 2.75) is 20.3 Å². The second-order valence-corrected chi connectivity index (χ2v) is 5.48. The van der Waals surface area contributed by atoms with Gasteiger partial charge in [-0.3, -0.25) is 0 Å². The Bertz CT molecular complexity index is 364. The summed E-state index contributed by atoms with van der Waals surface area (Å²) in [5.41, 5.74) is 0. The maximum Gasteiger partial charge on any atom is 0.131 e. The van der Waals surface area contributed by atoms with Crippen LogP contribution in [0.5, 0.6) is 0 Å². The van der Waals surface area contributed by atoms with E-state index in [2.05, 4.69) is 27.5 Å². The minimum absolute atomic E-state index is 0.790. The van der Waals surface area contributed by atoms with Crippen LogP contribution >= 0.6 is 11.8 Å². The van der Waals surface area contributed by atoms with Crippen molar-refractivity contribution < 1.29 is 0 Å². The van der Waals surface area contributed by atoms with Gasteiger partial charge >= 0.3 is 0 Å². The normalized spacial score (nSPS) is 19.3. The van der Waals surface area contributed by atoms with E-state index in [0.29, 0.717) is 0 Å². The van der Waals surface area contributed by atoms with Crippen LogP contribution in [0.15, 0.2) is 6.07 Å². The van der Waals surface area contributed by atoms with Crippen LogP contribution in [-0.4, -0.2) is 34.6 Å². The Balaban J connectivity index is 1.94. The molecule has 4 nitrogen and oxygen atoms in total. The van der Waals surface area contributed by atoms with Gasteiger partial charge in [0.25, 0.3) is 0 Å². The van der Waals surface area contributed by atoms with Crippen molar-refractivity contribution in [1.82, 2.24) is 9.97 Å². The van der Waals surface area contributed by atoms with Crippen LogP contribution in [0.2, 0.25) is 0 Å². The Hall–Kier alpha value is -0.970. The summed E-state index contributed by atoms with van der Waals surface area (Å²) in [4.78, 5) is 8.75. The van der Waals surface area contributed by atoms with E-state index in [1.54, 1.807) is 0 Å². The van der Waals surface area contributed by atoms with Gasteiger partial charge < -0.3 is 10.6 Å². The van der Waals surface area contributed by atoms with Gasteiger partial charge in [0.15, 0.2) is 0 Å². The second-order valence-electron chi connectivity index (χ2n) is 4.33. The van der Waals surface area contributed by atoms with Gasteiger partial charge in [-0.15, -0.1) is 0 Å². The summed E-state index contributed by atoms with van der Waals surface area (Å²) in [7, 11) is 0. The predicted molar refractivity (Wildman–Crippen MR) is 74.9 cm³/mol. The number of rotatable bonds is 5. The first-order valence-corrected chi connectivity index (χ1v) is 7.34. The lowest BCUT2D eigenvalue weighted by molar-refractivity contribution is 0.630. The third kappa shape index (κ3) is 3.77. The van der Waals surface area contributed by atoms with Crippen LogP contribution < -0.4 is 10.6 Å². The average molecular weight is 252 g/mol. The van der Waals surface area contributed by atoms with Gasteiger partial charge in [0, 0.05) is 19.2 Å². The molecule has 0 saturated carbocycles. The van der Waals surface area contributed by atoms with E-state index in [4.69, 9.17) is 0 Å². The van der Waals surface area contributed by atoms with Gasteiger partial charge in [0.1, 0.15) is 17.5 Å². The summed E-state index contributed by atoms with van der Waals surface area (Å²) in [5, 5.41) is 6.64. The molecule has 94 valence electrons. The molecule has 1 fully saturated rings. The number of aryl methyl sites for hydroxylation is 1. The van der Waals surface area contributed by atoms with E-state index in [0.717, 1.165) is 36.5 Å². The summed E-state index contributed by atoms with van der Waals surface area (Å²) in [6.45, 7) is 5.90. The molecular formula is C12H20N4S. The molecule has 17 heavy (non-hydrogen) atoms. The lowest BCUT2D eigenvalue weighted by atomic mass is 10.1. The molecule has 0 aliphatic carbocycles. The van der Waals surface area contributed by atoms with Crippen molar-refractivity contribution >= 4 is 23.4 Å². The molecule has 0 radical (unpaired) electrons. The summed E-state index contributed by atoms with van der Waals surface area (Å²) in [6, 6.07) is 1.98. The molecule has 1 aliphatic heterocycles. The lowest BCUT2D eigenvalue weighted by Gasteiger charge is -2.12. The van der Waals surface area contributed by atoms with E-state index in [1.807, 2.05) is 24.8 Å². The molecule has 1 atom stereocenters. The van der Waals surface area contributed by atoms with Crippen molar-refractivity contribution in [2.75, 3.05) is 35.2 Å². The fourth-order valence-electron chi connectivity index (χ4n) is 1.92. The van der Waals surface area contributed by atoms with E-state index in [-0.39, 0.29) is 0 Å². The zero-order valence-corrected chi connectivity index (χ0v) is 11.3. The minimum Gasteiger partial charge on any atom is -0.370 e. The van der Waals surface area contributed by atoms with Crippen LogP contribution in [0.4, 0.5) is 11.6 Å². The summed E-state index contributed by atoms with van der Waals surface area (Å²) in [5.74, 6) is 6.02. The van der Waals surface area contributed by atoms with Gasteiger partial charge in [-0.05, 0) is 37.7 Å². The van der Waals surface area contributed by atoms with E-state index >= 15 is 0 Å². The van der Waals surface area contributed by atoms with Crippen molar-refractivity contribution in [3.63, 3.8) is 0 Å². The molecule has 2 rings (SSSR count). The number of nitrogens with zero attached hydrogens (tertiary/aromatic N) is 2. The minimum atomic E-state index is 0.790. The predicted octanol–water partition coefficient (Wildman–Crippen LogP) is 2.38. The highest BCUT2D eigenvalue weighted by atomic mass is 32.2. The number of thioether (sulfide) groups is 1. The fourth-order valence-corrected chi connectivity index (χ4v) is 3.21. The number of hydrogen-bond donors (Lipinski definition) is 2.